The molecule has 0 unspecified atom stereocenters. The summed E-state index contributed by atoms with van der Waals surface area (Å²) in [5.74, 6) is 0.996. The fourth-order valence-electron chi connectivity index (χ4n) is 2.08. The third kappa shape index (κ3) is 3.51. The van der Waals surface area contributed by atoms with Gasteiger partial charge in [0.25, 0.3) is 0 Å². The second-order valence-corrected chi connectivity index (χ2v) is 4.40. The summed E-state index contributed by atoms with van der Waals surface area (Å²) in [6.45, 7) is 0.986. The van der Waals surface area contributed by atoms with Crippen LogP contribution in [0.5, 0.6) is 0 Å². The SMILES string of the molecule is O=C(F)CCCCc1ccc2c(n1)NCCC2. The largest absolute Gasteiger partial charge is 0.370 e. The van der Waals surface area contributed by atoms with Gasteiger partial charge in [-0.2, -0.15) is 4.39 Å². The van der Waals surface area contributed by atoms with Gasteiger partial charge in [0.15, 0.2) is 0 Å². The average molecular weight is 236 g/mol. The molecule has 1 aromatic rings. The summed E-state index contributed by atoms with van der Waals surface area (Å²) in [4.78, 5) is 14.7. The van der Waals surface area contributed by atoms with E-state index in [4.69, 9.17) is 0 Å². The molecule has 1 aromatic heterocycles. The minimum Gasteiger partial charge on any atom is -0.370 e. The van der Waals surface area contributed by atoms with Crippen molar-refractivity contribution in [3.63, 3.8) is 0 Å². The number of hydrogen-bond donors (Lipinski definition) is 1. The zero-order chi connectivity index (χ0) is 12.1. The quantitative estimate of drug-likeness (QED) is 0.631. The second kappa shape index (κ2) is 5.75. The van der Waals surface area contributed by atoms with E-state index in [-0.39, 0.29) is 6.42 Å². The number of rotatable bonds is 5. The third-order valence-corrected chi connectivity index (χ3v) is 3.01. The first-order chi connectivity index (χ1) is 8.25. The second-order valence-electron chi connectivity index (χ2n) is 4.40. The zero-order valence-corrected chi connectivity index (χ0v) is 9.84. The maximum Gasteiger partial charge on any atom is 0.301 e. The van der Waals surface area contributed by atoms with Gasteiger partial charge in [0.05, 0.1) is 0 Å². The van der Waals surface area contributed by atoms with Crippen LogP contribution in [0.25, 0.3) is 0 Å². The van der Waals surface area contributed by atoms with Crippen LogP contribution < -0.4 is 5.32 Å². The molecule has 0 spiro atoms. The Morgan fingerprint density at radius 3 is 3.12 bits per heavy atom. The molecule has 2 heterocycles. The Bertz CT molecular complexity index is 406. The molecular formula is C13H17FN2O. The van der Waals surface area contributed by atoms with E-state index in [2.05, 4.69) is 16.4 Å². The fourth-order valence-corrected chi connectivity index (χ4v) is 2.08. The lowest BCUT2D eigenvalue weighted by Crippen LogP contribution is -2.14. The maximum atomic E-state index is 12.0. The first-order valence-corrected chi connectivity index (χ1v) is 6.17. The number of carbonyl (C=O) groups is 1. The maximum absolute atomic E-state index is 12.0. The van der Waals surface area contributed by atoms with Crippen molar-refractivity contribution in [3.05, 3.63) is 23.4 Å². The molecule has 0 aliphatic carbocycles. The molecule has 4 heteroatoms. The summed E-state index contributed by atoms with van der Waals surface area (Å²) in [6, 6.07) is 2.93. The summed E-state index contributed by atoms with van der Waals surface area (Å²) < 4.78 is 12.0. The molecule has 0 aromatic carbocycles. The van der Waals surface area contributed by atoms with Crippen LogP contribution in [0.4, 0.5) is 10.2 Å². The van der Waals surface area contributed by atoms with Crippen molar-refractivity contribution in [3.8, 4) is 0 Å². The molecule has 0 saturated carbocycles. The number of fused-ring (bicyclic) bond motifs is 1. The van der Waals surface area contributed by atoms with Crippen molar-refractivity contribution in [2.45, 2.75) is 38.5 Å². The molecule has 2 rings (SSSR count). The van der Waals surface area contributed by atoms with Gasteiger partial charge in [0.1, 0.15) is 5.82 Å². The van der Waals surface area contributed by atoms with E-state index in [1.165, 1.54) is 5.56 Å². The first-order valence-electron chi connectivity index (χ1n) is 6.17. The topological polar surface area (TPSA) is 42.0 Å². The van der Waals surface area contributed by atoms with Crippen LogP contribution in [-0.4, -0.2) is 17.6 Å². The Morgan fingerprint density at radius 2 is 2.29 bits per heavy atom. The molecule has 1 aliphatic rings. The number of aromatic nitrogens is 1. The van der Waals surface area contributed by atoms with Crippen LogP contribution in [0.15, 0.2) is 12.1 Å². The Morgan fingerprint density at radius 1 is 1.41 bits per heavy atom. The lowest BCUT2D eigenvalue weighted by atomic mass is 10.1. The van der Waals surface area contributed by atoms with Crippen molar-refractivity contribution in [1.82, 2.24) is 4.98 Å². The van der Waals surface area contributed by atoms with Crippen LogP contribution in [0.1, 0.15) is 36.9 Å². The van der Waals surface area contributed by atoms with Gasteiger partial charge in [-0.15, -0.1) is 0 Å². The summed E-state index contributed by atoms with van der Waals surface area (Å²) in [5.41, 5.74) is 2.29. The van der Waals surface area contributed by atoms with Gasteiger partial charge in [-0.25, -0.2) is 4.98 Å². The van der Waals surface area contributed by atoms with Gasteiger partial charge in [-0.05, 0) is 43.7 Å². The van der Waals surface area contributed by atoms with Crippen molar-refractivity contribution >= 4 is 11.9 Å². The van der Waals surface area contributed by atoms with Gasteiger partial charge in [-0.3, -0.25) is 4.79 Å². The zero-order valence-electron chi connectivity index (χ0n) is 9.84. The van der Waals surface area contributed by atoms with Crippen LogP contribution in [0, 0.1) is 0 Å². The average Bonchev–Trinajstić information content (AvgIpc) is 2.34. The van der Waals surface area contributed by atoms with Gasteiger partial charge >= 0.3 is 6.04 Å². The van der Waals surface area contributed by atoms with E-state index in [0.29, 0.717) is 6.42 Å². The molecule has 0 amide bonds. The predicted molar refractivity (Wildman–Crippen MR) is 64.7 cm³/mol. The summed E-state index contributed by atoms with van der Waals surface area (Å²) >= 11 is 0. The highest BCUT2D eigenvalue weighted by atomic mass is 19.1. The van der Waals surface area contributed by atoms with E-state index in [1.54, 1.807) is 0 Å². The molecule has 0 bridgehead atoms. The molecule has 3 nitrogen and oxygen atoms in total. The lowest BCUT2D eigenvalue weighted by Gasteiger charge is -2.17. The smallest absolute Gasteiger partial charge is 0.301 e. The number of nitrogens with zero attached hydrogens (tertiary/aromatic N) is 1. The van der Waals surface area contributed by atoms with Gasteiger partial charge in [0, 0.05) is 18.7 Å². The van der Waals surface area contributed by atoms with Gasteiger partial charge < -0.3 is 5.32 Å². The number of anilines is 1. The summed E-state index contributed by atoms with van der Waals surface area (Å²) in [6.07, 6.45) is 4.49. The standard InChI is InChI=1S/C13H17FN2O/c14-12(17)6-2-1-5-11-8-7-10-4-3-9-15-13(10)16-11/h7-8H,1-6,9H2,(H,15,16). The van der Waals surface area contributed by atoms with E-state index in [1.807, 2.05) is 6.07 Å². The van der Waals surface area contributed by atoms with E-state index in [0.717, 1.165) is 43.7 Å². The van der Waals surface area contributed by atoms with Crippen molar-refractivity contribution in [1.29, 1.82) is 0 Å². The molecule has 17 heavy (non-hydrogen) atoms. The highest BCUT2D eigenvalue weighted by Gasteiger charge is 2.10. The Kier molecular flexibility index (Phi) is 4.07. The number of hydrogen-bond acceptors (Lipinski definition) is 3. The van der Waals surface area contributed by atoms with Crippen LogP contribution >= 0.6 is 0 Å². The normalized spacial score (nSPS) is 13.9. The van der Waals surface area contributed by atoms with Crippen molar-refractivity contribution in [2.24, 2.45) is 0 Å². The molecule has 92 valence electrons. The minimum atomic E-state index is -1.22. The van der Waals surface area contributed by atoms with Crippen molar-refractivity contribution in [2.75, 3.05) is 11.9 Å². The van der Waals surface area contributed by atoms with Crippen LogP contribution in [0.3, 0.4) is 0 Å². The van der Waals surface area contributed by atoms with Gasteiger partial charge in [0.2, 0.25) is 0 Å². The fraction of sp³-hybridized carbons (Fsp3) is 0.538. The van der Waals surface area contributed by atoms with Crippen LogP contribution in [0.2, 0.25) is 0 Å². The molecule has 0 atom stereocenters. The Labute approximate surface area is 100 Å². The highest BCUT2D eigenvalue weighted by molar-refractivity contribution is 5.67. The first kappa shape index (κ1) is 12.0. The molecule has 1 aliphatic heterocycles. The number of pyridine rings is 1. The minimum absolute atomic E-state index is 0.0309. The van der Waals surface area contributed by atoms with Gasteiger partial charge in [-0.1, -0.05) is 6.07 Å². The van der Waals surface area contributed by atoms with Crippen LogP contribution in [-0.2, 0) is 17.6 Å². The number of carbonyl (C=O) groups excluding carboxylic acids is 1. The van der Waals surface area contributed by atoms with Crippen molar-refractivity contribution < 1.29 is 9.18 Å². The van der Waals surface area contributed by atoms with E-state index < -0.39 is 6.04 Å². The predicted octanol–water partition coefficient (Wildman–Crippen LogP) is 2.65. The monoisotopic (exact) mass is 236 g/mol. The Balaban J connectivity index is 1.86. The highest BCUT2D eigenvalue weighted by Crippen LogP contribution is 2.20. The third-order valence-electron chi connectivity index (χ3n) is 3.01. The van der Waals surface area contributed by atoms with E-state index >= 15 is 0 Å². The lowest BCUT2D eigenvalue weighted by molar-refractivity contribution is -0.129. The number of unbranched alkanes of at least 4 members (excludes halogenated alkanes) is 1. The molecule has 0 saturated heterocycles. The molecular weight excluding hydrogens is 219 g/mol. The molecule has 1 N–H and O–H groups in total. The Hall–Kier alpha value is -1.45. The number of nitrogens with one attached hydrogen (secondary N) is 1. The van der Waals surface area contributed by atoms with E-state index in [9.17, 15) is 9.18 Å². The number of halogens is 1. The summed E-state index contributed by atoms with van der Waals surface area (Å²) in [5, 5.41) is 3.29. The summed E-state index contributed by atoms with van der Waals surface area (Å²) in [7, 11) is 0. The molecule has 0 radical (unpaired) electrons. The number of aryl methyl sites for hydroxylation is 2. The molecule has 0 fully saturated rings.